The van der Waals surface area contributed by atoms with Crippen molar-refractivity contribution in [2.24, 2.45) is 35.5 Å². The minimum Gasteiger partial charge on any atom is -0.512 e. The number of aliphatic hydroxyl groups excluding tert-OH is 1. The Balaban J connectivity index is 0.000000367. The van der Waals surface area contributed by atoms with Gasteiger partial charge in [-0.1, -0.05) is 131 Å². The molecule has 0 aliphatic carbocycles. The van der Waals surface area contributed by atoms with E-state index in [1.807, 2.05) is 17.5 Å². The number of aromatic nitrogens is 1. The SMILES string of the molecule is CC(C)C(C(=O)/C=C(\O)C(C(C)C)C(C)C)C(C)C.CCC(CC)c1cc(-c2nccc3c(C)c([Si](C)(C)C)sc23)[c-]c2ccccc12.[Ir]. The Morgan fingerprint density at radius 3 is 1.94 bits per heavy atom. The number of aryl methyl sites for hydroxylation is 1. The maximum atomic E-state index is 12.3. The van der Waals surface area contributed by atoms with E-state index >= 15 is 0 Å². The van der Waals surface area contributed by atoms with Crippen molar-refractivity contribution in [3.05, 3.63) is 71.6 Å². The molecule has 0 amide bonds. The number of hydrogen-bond donors (Lipinski definition) is 1. The number of aliphatic hydroxyl groups is 1. The zero-order valence-corrected chi connectivity index (χ0v) is 36.8. The largest absolute Gasteiger partial charge is 0.512 e. The Labute approximate surface area is 316 Å². The average molecular weight is 877 g/mol. The van der Waals surface area contributed by atoms with Gasteiger partial charge in [0.15, 0.2) is 5.78 Å². The second-order valence-electron chi connectivity index (χ2n) is 16.0. The van der Waals surface area contributed by atoms with Crippen molar-refractivity contribution in [1.29, 1.82) is 0 Å². The second-order valence-corrected chi connectivity index (χ2v) is 22.4. The van der Waals surface area contributed by atoms with Gasteiger partial charge in [0, 0.05) is 54.6 Å². The van der Waals surface area contributed by atoms with Gasteiger partial charge in [-0.05, 0) is 58.0 Å². The topological polar surface area (TPSA) is 50.2 Å². The van der Waals surface area contributed by atoms with Crippen LogP contribution in [-0.4, -0.2) is 23.9 Å². The molecule has 6 heteroatoms. The molecule has 2 aromatic heterocycles. The van der Waals surface area contributed by atoms with E-state index in [0.717, 1.165) is 24.1 Å². The van der Waals surface area contributed by atoms with E-state index in [9.17, 15) is 9.90 Å². The molecule has 0 saturated heterocycles. The van der Waals surface area contributed by atoms with Gasteiger partial charge in [0.25, 0.3) is 0 Å². The first kappa shape index (κ1) is 43.1. The smallest absolute Gasteiger partial charge is 0.162 e. The predicted octanol–water partition coefficient (Wildman–Crippen LogP) is 12.5. The third-order valence-corrected chi connectivity index (χ3v) is 14.9. The monoisotopic (exact) mass is 877 g/mol. The fourth-order valence-electron chi connectivity index (χ4n) is 7.73. The Hall–Kier alpha value is -2.11. The number of carbonyl (C=O) groups excluding carboxylic acids is 1. The Morgan fingerprint density at radius 2 is 1.43 bits per heavy atom. The number of nitrogens with zero attached hydrogens (tertiary/aromatic N) is 1. The van der Waals surface area contributed by atoms with Crippen LogP contribution >= 0.6 is 11.3 Å². The zero-order chi connectivity index (χ0) is 36.1. The molecule has 0 unspecified atom stereocenters. The molecule has 0 bridgehead atoms. The minimum atomic E-state index is -1.39. The Kier molecular flexibility index (Phi) is 16.2. The molecule has 4 aromatic rings. The maximum absolute atomic E-state index is 12.3. The molecule has 3 nitrogen and oxygen atoms in total. The second kappa shape index (κ2) is 18.4. The van der Waals surface area contributed by atoms with Crippen molar-refractivity contribution < 1.29 is 30.0 Å². The summed E-state index contributed by atoms with van der Waals surface area (Å²) in [6, 6.07) is 17.0. The number of fused-ring (bicyclic) bond motifs is 2. The summed E-state index contributed by atoms with van der Waals surface area (Å²) in [6.45, 7) is 30.8. The summed E-state index contributed by atoms with van der Waals surface area (Å²) < 4.78 is 2.91. The van der Waals surface area contributed by atoms with Crippen molar-refractivity contribution in [3.8, 4) is 11.3 Å². The summed E-state index contributed by atoms with van der Waals surface area (Å²) in [6.07, 6.45) is 5.76. The molecule has 0 aliphatic heterocycles. The van der Waals surface area contributed by atoms with Crippen LogP contribution in [0.5, 0.6) is 0 Å². The maximum Gasteiger partial charge on any atom is 0.162 e. The molecule has 1 radical (unpaired) electrons. The summed E-state index contributed by atoms with van der Waals surface area (Å²) in [5.41, 5.74) is 5.13. The number of rotatable bonds is 12. The first-order chi connectivity index (χ1) is 22.4. The third-order valence-electron chi connectivity index (χ3n) is 9.86. The molecular formula is C43H62IrNO2SSi-. The molecule has 0 atom stereocenters. The van der Waals surface area contributed by atoms with E-state index < -0.39 is 8.07 Å². The fraction of sp³-hybridized carbons (Fsp3) is 0.535. The van der Waals surface area contributed by atoms with Crippen LogP contribution in [0, 0.1) is 48.5 Å². The number of ketones is 1. The molecule has 1 N–H and O–H groups in total. The average Bonchev–Trinajstić information content (AvgIpc) is 3.34. The predicted molar refractivity (Wildman–Crippen MR) is 214 cm³/mol. The molecule has 271 valence electrons. The molecule has 0 aliphatic rings. The standard InChI is InChI=1S/C26H30NSSi.C17H32O2.Ir/c1-7-18(8-2)23-16-20(15-19-11-9-10-12-22(19)23)24-25-21(13-14-27-24)17(3)26(28-25)29(4,5)6;1-10(2)16(11(3)4)14(18)9-15(19)17(12(5)6)13(7)8;/h9-14,16,18H,7-8H2,1-6H3;9-13,16-18H,1-8H3;/q-1;;/b;14-9-;. The van der Waals surface area contributed by atoms with Gasteiger partial charge >= 0.3 is 0 Å². The summed E-state index contributed by atoms with van der Waals surface area (Å²) in [5.74, 6) is 2.19. The molecule has 2 heterocycles. The van der Waals surface area contributed by atoms with Crippen LogP contribution in [0.4, 0.5) is 0 Å². The molecule has 49 heavy (non-hydrogen) atoms. The van der Waals surface area contributed by atoms with Crippen LogP contribution in [0.15, 0.2) is 54.4 Å². The normalized spacial score (nSPS) is 12.6. The Bertz CT molecular complexity index is 1690. The third kappa shape index (κ3) is 10.2. The molecule has 2 aromatic carbocycles. The zero-order valence-electron chi connectivity index (χ0n) is 32.6. The fourth-order valence-corrected chi connectivity index (χ4v) is 11.6. The van der Waals surface area contributed by atoms with Crippen molar-refractivity contribution in [2.45, 2.75) is 115 Å². The summed E-state index contributed by atoms with van der Waals surface area (Å²) in [4.78, 5) is 17.2. The first-order valence-corrected chi connectivity index (χ1v) is 22.5. The number of allylic oxidation sites excluding steroid dienone is 2. The molecule has 4 rings (SSSR count). The number of pyridine rings is 1. The summed E-state index contributed by atoms with van der Waals surface area (Å²) in [7, 11) is -1.39. The van der Waals surface area contributed by atoms with E-state index in [2.05, 4.69) is 138 Å². The quantitative estimate of drug-likeness (QED) is 0.0668. The molecular weight excluding hydrogens is 815 g/mol. The summed E-state index contributed by atoms with van der Waals surface area (Å²) in [5, 5.41) is 14.2. The van der Waals surface area contributed by atoms with E-state index in [0.29, 0.717) is 29.6 Å². The summed E-state index contributed by atoms with van der Waals surface area (Å²) >= 11 is 1.96. The van der Waals surface area contributed by atoms with Gasteiger partial charge in [-0.25, -0.2) is 0 Å². The van der Waals surface area contributed by atoms with Gasteiger partial charge in [0.1, 0.15) is 0 Å². The van der Waals surface area contributed by atoms with E-state index in [1.165, 1.54) is 38.1 Å². The van der Waals surface area contributed by atoms with Crippen LogP contribution in [0.1, 0.15) is 99.1 Å². The van der Waals surface area contributed by atoms with Crippen molar-refractivity contribution in [1.82, 2.24) is 4.98 Å². The van der Waals surface area contributed by atoms with Crippen LogP contribution in [0.3, 0.4) is 0 Å². The van der Waals surface area contributed by atoms with Gasteiger partial charge < -0.3 is 5.11 Å². The van der Waals surface area contributed by atoms with Gasteiger partial charge in [-0.3, -0.25) is 9.78 Å². The van der Waals surface area contributed by atoms with Crippen molar-refractivity contribution in [2.75, 3.05) is 0 Å². The van der Waals surface area contributed by atoms with Gasteiger partial charge in [-0.2, -0.15) is 11.3 Å². The molecule has 0 fully saturated rings. The van der Waals surface area contributed by atoms with E-state index in [-0.39, 0.29) is 43.5 Å². The van der Waals surface area contributed by atoms with Gasteiger partial charge in [0.05, 0.1) is 13.8 Å². The molecule has 0 saturated carbocycles. The number of carbonyl (C=O) groups is 1. The van der Waals surface area contributed by atoms with Crippen LogP contribution in [0.25, 0.3) is 32.1 Å². The molecule has 0 spiro atoms. The van der Waals surface area contributed by atoms with Gasteiger partial charge in [0.2, 0.25) is 0 Å². The number of hydrogen-bond acceptors (Lipinski definition) is 4. The van der Waals surface area contributed by atoms with E-state index in [1.54, 1.807) is 4.50 Å². The van der Waals surface area contributed by atoms with Crippen LogP contribution in [0.2, 0.25) is 19.6 Å². The van der Waals surface area contributed by atoms with Gasteiger partial charge in [-0.15, -0.1) is 29.1 Å². The van der Waals surface area contributed by atoms with Crippen molar-refractivity contribution in [3.63, 3.8) is 0 Å². The first-order valence-electron chi connectivity index (χ1n) is 18.2. The minimum absolute atomic E-state index is 0. The Morgan fingerprint density at radius 1 is 0.878 bits per heavy atom. The van der Waals surface area contributed by atoms with E-state index in [4.69, 9.17) is 4.98 Å². The number of thiophene rings is 1. The van der Waals surface area contributed by atoms with Crippen LogP contribution < -0.4 is 4.50 Å². The van der Waals surface area contributed by atoms with Crippen molar-refractivity contribution >= 4 is 50.6 Å². The number of benzene rings is 2. The van der Waals surface area contributed by atoms with Crippen LogP contribution in [-0.2, 0) is 24.9 Å².